The summed E-state index contributed by atoms with van der Waals surface area (Å²) in [7, 11) is 1.89. The molecule has 0 amide bonds. The first-order chi connectivity index (χ1) is 8.15. The Bertz CT molecular complexity index is 505. The third kappa shape index (κ3) is 3.06. The van der Waals surface area contributed by atoms with E-state index in [2.05, 4.69) is 10.4 Å². The first-order valence-electron chi connectivity index (χ1n) is 5.63. The molecule has 0 saturated heterocycles. The summed E-state index contributed by atoms with van der Waals surface area (Å²) in [6, 6.07) is 5.07. The van der Waals surface area contributed by atoms with Crippen molar-refractivity contribution < 1.29 is 4.39 Å². The normalized spacial score (nSPS) is 10.5. The van der Waals surface area contributed by atoms with Gasteiger partial charge in [-0.2, -0.15) is 5.10 Å². The van der Waals surface area contributed by atoms with Crippen molar-refractivity contribution in [1.29, 1.82) is 0 Å². The lowest BCUT2D eigenvalue weighted by Gasteiger charge is -2.07. The second-order valence-electron chi connectivity index (χ2n) is 4.18. The molecule has 1 aromatic carbocycles. The quantitative estimate of drug-likeness (QED) is 0.879. The zero-order chi connectivity index (χ0) is 12.3. The van der Waals surface area contributed by atoms with Gasteiger partial charge in [0.2, 0.25) is 0 Å². The highest BCUT2D eigenvalue weighted by molar-refractivity contribution is 5.47. The molecule has 0 aliphatic rings. The molecule has 0 fully saturated rings. The van der Waals surface area contributed by atoms with Crippen LogP contribution >= 0.6 is 0 Å². The number of hydrogen-bond donors (Lipinski definition) is 1. The van der Waals surface area contributed by atoms with E-state index in [1.165, 1.54) is 6.07 Å². The van der Waals surface area contributed by atoms with Crippen molar-refractivity contribution >= 4 is 5.69 Å². The van der Waals surface area contributed by atoms with Gasteiger partial charge in [-0.25, -0.2) is 4.39 Å². The van der Waals surface area contributed by atoms with Crippen LogP contribution in [-0.2, 0) is 13.5 Å². The molecule has 1 N–H and O–H groups in total. The molecule has 17 heavy (non-hydrogen) atoms. The van der Waals surface area contributed by atoms with Crippen LogP contribution in [0, 0.1) is 12.7 Å². The van der Waals surface area contributed by atoms with Crippen molar-refractivity contribution in [2.75, 3.05) is 11.9 Å². The van der Waals surface area contributed by atoms with E-state index in [4.69, 9.17) is 0 Å². The summed E-state index contributed by atoms with van der Waals surface area (Å²) in [4.78, 5) is 0. The van der Waals surface area contributed by atoms with E-state index in [9.17, 15) is 4.39 Å². The Morgan fingerprint density at radius 3 is 2.94 bits per heavy atom. The van der Waals surface area contributed by atoms with E-state index in [-0.39, 0.29) is 5.82 Å². The van der Waals surface area contributed by atoms with Crippen LogP contribution in [-0.4, -0.2) is 16.3 Å². The van der Waals surface area contributed by atoms with Crippen molar-refractivity contribution in [3.05, 3.63) is 47.5 Å². The first-order valence-corrected chi connectivity index (χ1v) is 5.63. The molecular weight excluding hydrogens is 217 g/mol. The third-order valence-electron chi connectivity index (χ3n) is 2.61. The number of rotatable bonds is 4. The van der Waals surface area contributed by atoms with Gasteiger partial charge in [0.1, 0.15) is 5.82 Å². The molecule has 0 bridgehead atoms. The maximum Gasteiger partial charge on any atom is 0.146 e. The predicted molar refractivity (Wildman–Crippen MR) is 66.5 cm³/mol. The van der Waals surface area contributed by atoms with Crippen LogP contribution in [0.15, 0.2) is 30.6 Å². The summed E-state index contributed by atoms with van der Waals surface area (Å²) in [5.74, 6) is -0.207. The number of nitrogens with zero attached hydrogens (tertiary/aromatic N) is 2. The summed E-state index contributed by atoms with van der Waals surface area (Å²) in [6.07, 6.45) is 4.63. The Morgan fingerprint density at radius 1 is 1.41 bits per heavy atom. The smallest absolute Gasteiger partial charge is 0.146 e. The zero-order valence-corrected chi connectivity index (χ0v) is 10.1. The molecule has 0 saturated carbocycles. The Hall–Kier alpha value is -1.84. The van der Waals surface area contributed by atoms with Crippen LogP contribution in [0.5, 0.6) is 0 Å². The van der Waals surface area contributed by atoms with E-state index in [0.717, 1.165) is 17.5 Å². The largest absolute Gasteiger partial charge is 0.382 e. The molecule has 0 atom stereocenters. The summed E-state index contributed by atoms with van der Waals surface area (Å²) in [5, 5.41) is 7.19. The summed E-state index contributed by atoms with van der Waals surface area (Å²) >= 11 is 0. The molecule has 0 aliphatic heterocycles. The molecule has 3 nitrogen and oxygen atoms in total. The SMILES string of the molecule is Cc1ccc(F)c(NCCc2cnn(C)c2)c1. The topological polar surface area (TPSA) is 29.9 Å². The van der Waals surface area contributed by atoms with Crippen LogP contribution in [0.3, 0.4) is 0 Å². The van der Waals surface area contributed by atoms with Gasteiger partial charge in [0.25, 0.3) is 0 Å². The number of hydrogen-bond acceptors (Lipinski definition) is 2. The third-order valence-corrected chi connectivity index (χ3v) is 2.61. The maximum atomic E-state index is 13.4. The van der Waals surface area contributed by atoms with Crippen LogP contribution in [0.2, 0.25) is 0 Å². The van der Waals surface area contributed by atoms with E-state index in [0.29, 0.717) is 12.2 Å². The van der Waals surface area contributed by atoms with Crippen LogP contribution in [0.1, 0.15) is 11.1 Å². The monoisotopic (exact) mass is 233 g/mol. The molecule has 0 unspecified atom stereocenters. The molecule has 0 spiro atoms. The highest BCUT2D eigenvalue weighted by atomic mass is 19.1. The molecule has 1 heterocycles. The van der Waals surface area contributed by atoms with E-state index in [1.807, 2.05) is 32.4 Å². The Kier molecular flexibility index (Phi) is 3.42. The minimum atomic E-state index is -0.207. The van der Waals surface area contributed by atoms with Gasteiger partial charge in [-0.1, -0.05) is 6.07 Å². The average molecular weight is 233 g/mol. The number of aromatic nitrogens is 2. The molecule has 0 radical (unpaired) electrons. The summed E-state index contributed by atoms with van der Waals surface area (Å²) in [6.45, 7) is 2.65. The van der Waals surface area contributed by atoms with Crippen LogP contribution in [0.4, 0.5) is 10.1 Å². The fourth-order valence-electron chi connectivity index (χ4n) is 1.72. The van der Waals surface area contributed by atoms with Crippen LogP contribution < -0.4 is 5.32 Å². The van der Waals surface area contributed by atoms with Gasteiger partial charge in [-0.05, 0) is 36.6 Å². The van der Waals surface area contributed by atoms with E-state index < -0.39 is 0 Å². The van der Waals surface area contributed by atoms with Gasteiger partial charge in [0.15, 0.2) is 0 Å². The number of benzene rings is 1. The van der Waals surface area contributed by atoms with Gasteiger partial charge in [0.05, 0.1) is 11.9 Å². The van der Waals surface area contributed by atoms with Crippen molar-refractivity contribution in [3.8, 4) is 0 Å². The highest BCUT2D eigenvalue weighted by Crippen LogP contribution is 2.15. The Labute approximate surface area is 100 Å². The Balaban J connectivity index is 1.91. The lowest BCUT2D eigenvalue weighted by atomic mass is 10.2. The standard InChI is InChI=1S/C13H16FN3/c1-10-3-4-12(14)13(7-10)15-6-5-11-8-16-17(2)9-11/h3-4,7-9,15H,5-6H2,1-2H3. The number of anilines is 1. The summed E-state index contributed by atoms with van der Waals surface area (Å²) < 4.78 is 15.2. The maximum absolute atomic E-state index is 13.4. The highest BCUT2D eigenvalue weighted by Gasteiger charge is 2.02. The molecule has 1 aromatic heterocycles. The summed E-state index contributed by atoms with van der Waals surface area (Å²) in [5.41, 5.74) is 2.76. The van der Waals surface area contributed by atoms with Gasteiger partial charge < -0.3 is 5.32 Å². The molecule has 2 rings (SSSR count). The average Bonchev–Trinajstić information content (AvgIpc) is 2.69. The molecule has 2 aromatic rings. The molecule has 4 heteroatoms. The fourth-order valence-corrected chi connectivity index (χ4v) is 1.72. The molecular formula is C13H16FN3. The fraction of sp³-hybridized carbons (Fsp3) is 0.308. The molecule has 0 aliphatic carbocycles. The van der Waals surface area contributed by atoms with Crippen molar-refractivity contribution in [2.24, 2.45) is 7.05 Å². The minimum absolute atomic E-state index is 0.207. The van der Waals surface area contributed by atoms with Gasteiger partial charge in [-0.15, -0.1) is 0 Å². The predicted octanol–water partition coefficient (Wildman–Crippen LogP) is 2.52. The van der Waals surface area contributed by atoms with Crippen molar-refractivity contribution in [2.45, 2.75) is 13.3 Å². The molecule has 90 valence electrons. The van der Waals surface area contributed by atoms with Gasteiger partial charge >= 0.3 is 0 Å². The zero-order valence-electron chi connectivity index (χ0n) is 10.1. The first kappa shape index (κ1) is 11.6. The van der Waals surface area contributed by atoms with Crippen molar-refractivity contribution in [3.63, 3.8) is 0 Å². The second kappa shape index (κ2) is 4.99. The number of nitrogens with one attached hydrogen (secondary N) is 1. The van der Waals surface area contributed by atoms with Crippen LogP contribution in [0.25, 0.3) is 0 Å². The van der Waals surface area contributed by atoms with Gasteiger partial charge in [0, 0.05) is 19.8 Å². The second-order valence-corrected chi connectivity index (χ2v) is 4.18. The number of halogens is 1. The van der Waals surface area contributed by atoms with E-state index in [1.54, 1.807) is 10.7 Å². The minimum Gasteiger partial charge on any atom is -0.382 e. The van der Waals surface area contributed by atoms with E-state index >= 15 is 0 Å². The van der Waals surface area contributed by atoms with Gasteiger partial charge in [-0.3, -0.25) is 4.68 Å². The Morgan fingerprint density at radius 2 is 2.24 bits per heavy atom. The lowest BCUT2D eigenvalue weighted by molar-refractivity contribution is 0.629. The van der Waals surface area contributed by atoms with Crippen molar-refractivity contribution in [1.82, 2.24) is 9.78 Å². The lowest BCUT2D eigenvalue weighted by Crippen LogP contribution is -2.06. The number of aryl methyl sites for hydroxylation is 2.